The molecule has 4 nitrogen and oxygen atoms in total. The zero-order valence-corrected chi connectivity index (χ0v) is 14.3. The van der Waals surface area contributed by atoms with Crippen LogP contribution in [0, 0.1) is 19.7 Å². The van der Waals surface area contributed by atoms with E-state index in [4.69, 9.17) is 4.74 Å². The number of ether oxygens (including phenoxy) is 1. The zero-order chi connectivity index (χ0) is 17.1. The molecule has 0 fully saturated rings. The van der Waals surface area contributed by atoms with E-state index in [0.29, 0.717) is 6.73 Å². The molecule has 1 N–H and O–H groups in total. The molecule has 2 heterocycles. The van der Waals surface area contributed by atoms with Crippen LogP contribution in [0.4, 0.5) is 10.1 Å². The first kappa shape index (κ1) is 16.5. The van der Waals surface area contributed by atoms with Gasteiger partial charge in [0, 0.05) is 24.7 Å². The van der Waals surface area contributed by atoms with Crippen LogP contribution < -0.4 is 5.32 Å². The van der Waals surface area contributed by atoms with Crippen molar-refractivity contribution in [3.05, 3.63) is 59.3 Å². The predicted molar refractivity (Wildman–Crippen MR) is 94.8 cm³/mol. The first-order valence-corrected chi connectivity index (χ1v) is 8.02. The fourth-order valence-electron chi connectivity index (χ4n) is 3.03. The molecular weight excluding hydrogens is 305 g/mol. The van der Waals surface area contributed by atoms with Crippen LogP contribution in [0.5, 0.6) is 0 Å². The molecule has 3 rings (SSSR count). The first-order chi connectivity index (χ1) is 11.6. The molecule has 0 aliphatic rings. The van der Waals surface area contributed by atoms with Crippen LogP contribution in [0.3, 0.4) is 0 Å². The third-order valence-electron chi connectivity index (χ3n) is 4.44. The number of hydrogen-bond acceptors (Lipinski definition) is 3. The number of aryl methyl sites for hydroxylation is 1. The van der Waals surface area contributed by atoms with Gasteiger partial charge in [-0.15, -0.1) is 0 Å². The predicted octanol–water partition coefficient (Wildman–Crippen LogP) is 4.05. The van der Waals surface area contributed by atoms with E-state index in [1.54, 1.807) is 7.11 Å². The summed E-state index contributed by atoms with van der Waals surface area (Å²) in [5, 5.41) is 4.64. The van der Waals surface area contributed by atoms with E-state index in [2.05, 4.69) is 28.7 Å². The largest absolute Gasteiger partial charge is 0.383 e. The first-order valence-electron chi connectivity index (χ1n) is 8.02. The summed E-state index contributed by atoms with van der Waals surface area (Å²) in [4.78, 5) is 4.36. The fraction of sp³-hybridized carbons (Fsp3) is 0.316. The smallest absolute Gasteiger partial charge is 0.123 e. The van der Waals surface area contributed by atoms with Gasteiger partial charge in [-0.1, -0.05) is 12.1 Å². The SMILES string of the molecule is COCn1c(C)c(C)c2c(NCCc3ccc(F)cc3)cncc21. The Balaban J connectivity index is 1.82. The molecule has 0 saturated carbocycles. The fourth-order valence-corrected chi connectivity index (χ4v) is 3.03. The van der Waals surface area contributed by atoms with E-state index in [-0.39, 0.29) is 5.82 Å². The van der Waals surface area contributed by atoms with E-state index in [0.717, 1.165) is 29.7 Å². The maximum Gasteiger partial charge on any atom is 0.123 e. The molecular formula is C19H22FN3O. The van der Waals surface area contributed by atoms with Gasteiger partial charge in [0.2, 0.25) is 0 Å². The number of aromatic nitrogens is 2. The summed E-state index contributed by atoms with van der Waals surface area (Å²) in [5.74, 6) is -0.203. The summed E-state index contributed by atoms with van der Waals surface area (Å²) >= 11 is 0. The van der Waals surface area contributed by atoms with Crippen LogP contribution >= 0.6 is 0 Å². The molecule has 0 atom stereocenters. The van der Waals surface area contributed by atoms with Crippen molar-refractivity contribution in [1.82, 2.24) is 9.55 Å². The molecule has 0 radical (unpaired) electrons. The lowest BCUT2D eigenvalue weighted by atomic mass is 10.1. The lowest BCUT2D eigenvalue weighted by molar-refractivity contribution is 0.133. The number of halogens is 1. The Morgan fingerprint density at radius 1 is 1.17 bits per heavy atom. The van der Waals surface area contributed by atoms with Crippen molar-refractivity contribution in [2.24, 2.45) is 0 Å². The van der Waals surface area contributed by atoms with Crippen LogP contribution in [0.25, 0.3) is 10.9 Å². The quantitative estimate of drug-likeness (QED) is 0.742. The van der Waals surface area contributed by atoms with Gasteiger partial charge in [-0.2, -0.15) is 0 Å². The van der Waals surface area contributed by atoms with E-state index in [1.165, 1.54) is 28.8 Å². The van der Waals surface area contributed by atoms with Crippen LogP contribution in [-0.2, 0) is 17.9 Å². The third kappa shape index (κ3) is 3.12. The van der Waals surface area contributed by atoms with Gasteiger partial charge in [0.25, 0.3) is 0 Å². The van der Waals surface area contributed by atoms with Crippen molar-refractivity contribution >= 4 is 16.6 Å². The van der Waals surface area contributed by atoms with Gasteiger partial charge in [-0.05, 0) is 43.5 Å². The summed E-state index contributed by atoms with van der Waals surface area (Å²) in [7, 11) is 1.69. The maximum absolute atomic E-state index is 13.0. The minimum atomic E-state index is -0.203. The summed E-state index contributed by atoms with van der Waals surface area (Å²) in [6, 6.07) is 6.63. The van der Waals surface area contributed by atoms with Gasteiger partial charge in [0.1, 0.15) is 12.5 Å². The van der Waals surface area contributed by atoms with Gasteiger partial charge in [0.15, 0.2) is 0 Å². The Labute approximate surface area is 141 Å². The molecule has 0 aliphatic carbocycles. The standard InChI is InChI=1S/C19H22FN3O/c1-13-14(2)23(12-24-3)18-11-21-10-17(19(13)18)22-9-8-15-4-6-16(20)7-5-15/h4-7,10-11,22H,8-9,12H2,1-3H3. The number of nitrogens with zero attached hydrogens (tertiary/aromatic N) is 2. The minimum absolute atomic E-state index is 0.203. The average Bonchev–Trinajstić information content (AvgIpc) is 2.83. The number of pyridine rings is 1. The number of rotatable bonds is 6. The number of hydrogen-bond donors (Lipinski definition) is 1. The van der Waals surface area contributed by atoms with Gasteiger partial charge in [0.05, 0.1) is 23.6 Å². The molecule has 5 heteroatoms. The van der Waals surface area contributed by atoms with Crippen molar-refractivity contribution in [3.63, 3.8) is 0 Å². The number of anilines is 1. The second-order valence-electron chi connectivity index (χ2n) is 5.94. The number of benzene rings is 1. The van der Waals surface area contributed by atoms with Gasteiger partial charge >= 0.3 is 0 Å². The van der Waals surface area contributed by atoms with Crippen LogP contribution in [0.1, 0.15) is 16.8 Å². The highest BCUT2D eigenvalue weighted by molar-refractivity contribution is 5.95. The van der Waals surface area contributed by atoms with Crippen LogP contribution in [0.2, 0.25) is 0 Å². The molecule has 0 saturated heterocycles. The highest BCUT2D eigenvalue weighted by atomic mass is 19.1. The molecule has 0 aliphatic heterocycles. The molecule has 0 unspecified atom stereocenters. The van der Waals surface area contributed by atoms with Crippen molar-refractivity contribution in [2.45, 2.75) is 27.0 Å². The highest BCUT2D eigenvalue weighted by Crippen LogP contribution is 2.30. The Morgan fingerprint density at radius 2 is 1.92 bits per heavy atom. The molecule has 0 bridgehead atoms. The highest BCUT2D eigenvalue weighted by Gasteiger charge is 2.14. The molecule has 3 aromatic rings. The summed E-state index contributed by atoms with van der Waals surface area (Å²) in [6.45, 7) is 5.49. The second-order valence-corrected chi connectivity index (χ2v) is 5.94. The third-order valence-corrected chi connectivity index (χ3v) is 4.44. The topological polar surface area (TPSA) is 39.1 Å². The van der Waals surface area contributed by atoms with Crippen molar-refractivity contribution in [2.75, 3.05) is 19.0 Å². The lowest BCUT2D eigenvalue weighted by Gasteiger charge is -2.09. The van der Waals surface area contributed by atoms with Gasteiger partial charge < -0.3 is 14.6 Å². The van der Waals surface area contributed by atoms with E-state index in [9.17, 15) is 4.39 Å². The van der Waals surface area contributed by atoms with Crippen molar-refractivity contribution in [1.29, 1.82) is 0 Å². The molecule has 0 spiro atoms. The minimum Gasteiger partial charge on any atom is -0.383 e. The summed E-state index contributed by atoms with van der Waals surface area (Å²) < 4.78 is 20.4. The number of nitrogens with one attached hydrogen (secondary N) is 1. The monoisotopic (exact) mass is 327 g/mol. The molecule has 1 aromatic carbocycles. The Morgan fingerprint density at radius 3 is 2.62 bits per heavy atom. The number of fused-ring (bicyclic) bond motifs is 1. The molecule has 0 amide bonds. The van der Waals surface area contributed by atoms with Crippen LogP contribution in [-0.4, -0.2) is 23.2 Å². The second kappa shape index (κ2) is 7.01. The number of methoxy groups -OCH3 is 1. The Bertz CT molecular complexity index is 840. The molecule has 126 valence electrons. The van der Waals surface area contributed by atoms with E-state index in [1.807, 2.05) is 24.5 Å². The summed E-state index contributed by atoms with van der Waals surface area (Å²) in [5.41, 5.74) is 5.60. The van der Waals surface area contributed by atoms with Crippen molar-refractivity contribution in [3.8, 4) is 0 Å². The zero-order valence-electron chi connectivity index (χ0n) is 14.3. The van der Waals surface area contributed by atoms with Gasteiger partial charge in [-0.3, -0.25) is 4.98 Å². The van der Waals surface area contributed by atoms with Gasteiger partial charge in [-0.25, -0.2) is 4.39 Å². The average molecular weight is 327 g/mol. The van der Waals surface area contributed by atoms with Crippen molar-refractivity contribution < 1.29 is 9.13 Å². The Kier molecular flexibility index (Phi) is 4.81. The molecule has 24 heavy (non-hydrogen) atoms. The summed E-state index contributed by atoms with van der Waals surface area (Å²) in [6.07, 6.45) is 4.56. The Hall–Kier alpha value is -2.40. The molecule has 2 aromatic heterocycles. The van der Waals surface area contributed by atoms with E-state index < -0.39 is 0 Å². The maximum atomic E-state index is 13.0. The lowest BCUT2D eigenvalue weighted by Crippen LogP contribution is -2.06. The normalized spacial score (nSPS) is 11.2. The van der Waals surface area contributed by atoms with Crippen LogP contribution in [0.15, 0.2) is 36.7 Å². The van der Waals surface area contributed by atoms with E-state index >= 15 is 0 Å².